The molecule has 0 bridgehead atoms. The van der Waals surface area contributed by atoms with Crippen molar-refractivity contribution in [3.05, 3.63) is 58.4 Å². The molecule has 0 spiro atoms. The maximum absolute atomic E-state index is 13.2. The molecule has 2 aromatic rings. The molecule has 3 N–H and O–H groups in total. The minimum Gasteiger partial charge on any atom is -0.493 e. The van der Waals surface area contributed by atoms with E-state index in [1.165, 1.54) is 12.1 Å². The molecule has 1 heterocycles. The average molecular weight is 509 g/mol. The van der Waals surface area contributed by atoms with Crippen LogP contribution in [0.4, 0.5) is 4.39 Å². The number of hydrazine groups is 1. The summed E-state index contributed by atoms with van der Waals surface area (Å²) in [5, 5.41) is 3.87. The van der Waals surface area contributed by atoms with Crippen LogP contribution in [0.25, 0.3) is 0 Å². The molecule has 2 aromatic carbocycles. The van der Waals surface area contributed by atoms with Crippen molar-refractivity contribution < 1.29 is 18.7 Å². The zero-order chi connectivity index (χ0) is 24.5. The molecule has 0 aromatic heterocycles. The van der Waals surface area contributed by atoms with Crippen molar-refractivity contribution in [2.45, 2.75) is 25.8 Å². The van der Waals surface area contributed by atoms with Crippen LogP contribution < -0.4 is 25.6 Å². The zero-order valence-corrected chi connectivity index (χ0v) is 20.9. The van der Waals surface area contributed by atoms with Gasteiger partial charge < -0.3 is 14.8 Å². The lowest BCUT2D eigenvalue weighted by molar-refractivity contribution is -0.127. The molecule has 0 radical (unpaired) electrons. The van der Waals surface area contributed by atoms with Crippen LogP contribution in [0.2, 0.25) is 5.02 Å². The number of piperidine rings is 1. The summed E-state index contributed by atoms with van der Waals surface area (Å²) in [6.07, 6.45) is 2.18. The first-order chi connectivity index (χ1) is 16.4. The molecule has 1 saturated heterocycles. The van der Waals surface area contributed by atoms with Gasteiger partial charge in [0.25, 0.3) is 0 Å². The smallest absolute Gasteiger partial charge is 0.241 e. The van der Waals surface area contributed by atoms with E-state index in [1.807, 2.05) is 18.2 Å². The predicted octanol–water partition coefficient (Wildman–Crippen LogP) is 3.45. The molecule has 0 aliphatic carbocycles. The molecule has 0 saturated carbocycles. The lowest BCUT2D eigenvalue weighted by atomic mass is 9.96. The van der Waals surface area contributed by atoms with E-state index in [0.717, 1.165) is 43.5 Å². The highest BCUT2D eigenvalue weighted by atomic mass is 35.5. The second-order valence-electron chi connectivity index (χ2n) is 8.10. The standard InChI is InChI=1S/C24H30ClFN4O3S/c1-32-21-6-3-16(13-22(21)33-2)7-10-27-24(34)29-28-23(31)17-8-11-30(12-9-17)15-18-4-5-19(26)14-20(18)25/h3-6,13-14,17H,7-12,15H2,1-2H3,(H,28,31)(H2,27,29,34). The summed E-state index contributed by atoms with van der Waals surface area (Å²) in [5.41, 5.74) is 7.44. The quantitative estimate of drug-likeness (QED) is 0.372. The number of methoxy groups -OCH3 is 2. The minimum absolute atomic E-state index is 0.0801. The Labute approximate surface area is 209 Å². The number of halogens is 2. The first-order valence-electron chi connectivity index (χ1n) is 11.1. The fourth-order valence-electron chi connectivity index (χ4n) is 3.87. The van der Waals surface area contributed by atoms with Crippen molar-refractivity contribution in [2.24, 2.45) is 5.92 Å². The number of hydrogen-bond acceptors (Lipinski definition) is 5. The van der Waals surface area contributed by atoms with Crippen LogP contribution in [-0.4, -0.2) is 49.8 Å². The van der Waals surface area contributed by atoms with Crippen molar-refractivity contribution in [3.8, 4) is 11.5 Å². The van der Waals surface area contributed by atoms with Crippen molar-refractivity contribution in [1.29, 1.82) is 0 Å². The molecule has 34 heavy (non-hydrogen) atoms. The van der Waals surface area contributed by atoms with Gasteiger partial charge in [0.15, 0.2) is 16.6 Å². The summed E-state index contributed by atoms with van der Waals surface area (Å²) in [6.45, 7) is 2.76. The van der Waals surface area contributed by atoms with Crippen LogP contribution in [0.15, 0.2) is 36.4 Å². The second-order valence-corrected chi connectivity index (χ2v) is 8.91. The largest absolute Gasteiger partial charge is 0.493 e. The monoisotopic (exact) mass is 508 g/mol. The normalized spacial score (nSPS) is 14.4. The van der Waals surface area contributed by atoms with Crippen LogP contribution in [0.5, 0.6) is 11.5 Å². The summed E-state index contributed by atoms with van der Waals surface area (Å²) in [6, 6.07) is 10.2. The van der Waals surface area contributed by atoms with Crippen LogP contribution >= 0.6 is 23.8 Å². The number of amides is 1. The molecule has 184 valence electrons. The Morgan fingerprint density at radius 3 is 2.53 bits per heavy atom. The van der Waals surface area contributed by atoms with E-state index in [4.69, 9.17) is 33.3 Å². The van der Waals surface area contributed by atoms with Crippen molar-refractivity contribution >= 4 is 34.8 Å². The Bertz CT molecular complexity index is 1000. The number of rotatable bonds is 8. The van der Waals surface area contributed by atoms with Gasteiger partial charge in [-0.3, -0.25) is 20.5 Å². The minimum atomic E-state index is -0.343. The first-order valence-corrected chi connectivity index (χ1v) is 11.9. The van der Waals surface area contributed by atoms with Gasteiger partial charge >= 0.3 is 0 Å². The highest BCUT2D eigenvalue weighted by molar-refractivity contribution is 7.80. The molecule has 1 fully saturated rings. The summed E-state index contributed by atoms with van der Waals surface area (Å²) < 4.78 is 23.8. The van der Waals surface area contributed by atoms with Crippen LogP contribution in [-0.2, 0) is 17.8 Å². The van der Waals surface area contributed by atoms with E-state index in [9.17, 15) is 9.18 Å². The van der Waals surface area contributed by atoms with Gasteiger partial charge in [-0.1, -0.05) is 23.7 Å². The highest BCUT2D eigenvalue weighted by Gasteiger charge is 2.25. The molecular weight excluding hydrogens is 479 g/mol. The Morgan fingerprint density at radius 2 is 1.85 bits per heavy atom. The number of nitrogens with zero attached hydrogens (tertiary/aromatic N) is 1. The average Bonchev–Trinajstić information content (AvgIpc) is 2.84. The number of nitrogens with one attached hydrogen (secondary N) is 3. The van der Waals surface area contributed by atoms with Crippen LogP contribution in [0, 0.1) is 11.7 Å². The van der Waals surface area contributed by atoms with Gasteiger partial charge in [-0.25, -0.2) is 4.39 Å². The number of benzene rings is 2. The van der Waals surface area contributed by atoms with Gasteiger partial charge in [0.2, 0.25) is 5.91 Å². The molecule has 10 heteroatoms. The van der Waals surface area contributed by atoms with E-state index in [2.05, 4.69) is 21.1 Å². The van der Waals surface area contributed by atoms with Gasteiger partial charge in [0.05, 0.1) is 14.2 Å². The maximum Gasteiger partial charge on any atom is 0.241 e. The first kappa shape index (κ1) is 26.0. The fourth-order valence-corrected chi connectivity index (χ4v) is 4.25. The van der Waals surface area contributed by atoms with E-state index < -0.39 is 0 Å². The molecule has 7 nitrogen and oxygen atoms in total. The predicted molar refractivity (Wildman–Crippen MR) is 135 cm³/mol. The van der Waals surface area contributed by atoms with Gasteiger partial charge in [0, 0.05) is 24.0 Å². The molecule has 1 amide bonds. The van der Waals surface area contributed by atoms with Gasteiger partial charge in [-0.15, -0.1) is 0 Å². The van der Waals surface area contributed by atoms with Crippen molar-refractivity contribution in [3.63, 3.8) is 0 Å². The Balaban J connectivity index is 1.34. The summed E-state index contributed by atoms with van der Waals surface area (Å²) >= 11 is 11.4. The third kappa shape index (κ3) is 7.44. The zero-order valence-electron chi connectivity index (χ0n) is 19.3. The molecule has 0 atom stereocenters. The third-order valence-corrected chi connectivity index (χ3v) is 6.41. The van der Waals surface area contributed by atoms with Crippen molar-refractivity contribution in [1.82, 2.24) is 21.1 Å². The Kier molecular flexibility index (Phi) is 9.74. The summed E-state index contributed by atoms with van der Waals surface area (Å²) in [4.78, 5) is 14.7. The Morgan fingerprint density at radius 1 is 1.12 bits per heavy atom. The highest BCUT2D eigenvalue weighted by Crippen LogP contribution is 2.27. The number of likely N-dealkylation sites (tertiary alicyclic amines) is 1. The number of hydrogen-bond donors (Lipinski definition) is 3. The van der Waals surface area contributed by atoms with Crippen molar-refractivity contribution in [2.75, 3.05) is 33.9 Å². The molecule has 0 unspecified atom stereocenters. The lowest BCUT2D eigenvalue weighted by Gasteiger charge is -2.31. The van der Waals surface area contributed by atoms with Gasteiger partial charge in [0.1, 0.15) is 5.82 Å². The molecule has 1 aliphatic rings. The SMILES string of the molecule is COc1ccc(CCNC(=S)NNC(=O)C2CCN(Cc3ccc(F)cc3Cl)CC2)cc1OC. The number of ether oxygens (including phenoxy) is 2. The maximum atomic E-state index is 13.2. The number of carbonyl (C=O) groups is 1. The van der Waals surface area contributed by atoms with Gasteiger partial charge in [-0.05, 0) is 80.0 Å². The fraction of sp³-hybridized carbons (Fsp3) is 0.417. The topological polar surface area (TPSA) is 74.9 Å². The van der Waals surface area contributed by atoms with E-state index in [-0.39, 0.29) is 17.6 Å². The van der Waals surface area contributed by atoms with E-state index >= 15 is 0 Å². The molecule has 3 rings (SSSR count). The van der Waals surface area contributed by atoms with Crippen LogP contribution in [0.1, 0.15) is 24.0 Å². The lowest BCUT2D eigenvalue weighted by Crippen LogP contribution is -2.50. The summed E-state index contributed by atoms with van der Waals surface area (Å²) in [7, 11) is 3.21. The van der Waals surface area contributed by atoms with Crippen LogP contribution in [0.3, 0.4) is 0 Å². The second kappa shape index (κ2) is 12.7. The van der Waals surface area contributed by atoms with E-state index in [1.54, 1.807) is 20.3 Å². The molecule has 1 aliphatic heterocycles. The Hall–Kier alpha value is -2.62. The number of thiocarbonyl (C=S) groups is 1. The summed E-state index contributed by atoms with van der Waals surface area (Å²) in [5.74, 6) is 0.847. The molecular formula is C24H30ClFN4O3S. The van der Waals surface area contributed by atoms with E-state index in [0.29, 0.717) is 34.7 Å². The third-order valence-electron chi connectivity index (χ3n) is 5.81. The number of carbonyl (C=O) groups excluding carboxylic acids is 1. The van der Waals surface area contributed by atoms with Gasteiger partial charge in [-0.2, -0.15) is 0 Å².